The van der Waals surface area contributed by atoms with E-state index in [2.05, 4.69) is 9.97 Å². The lowest BCUT2D eigenvalue weighted by molar-refractivity contribution is -0.150. The number of fused-ring (bicyclic) bond motifs is 1. The zero-order valence-corrected chi connectivity index (χ0v) is 24.7. The molecule has 3 aliphatic heterocycles. The largest absolute Gasteiger partial charge is 0.484 e. The van der Waals surface area contributed by atoms with Crippen molar-refractivity contribution in [2.24, 2.45) is 0 Å². The van der Waals surface area contributed by atoms with Gasteiger partial charge in [0.05, 0.1) is 13.2 Å². The van der Waals surface area contributed by atoms with Gasteiger partial charge in [-0.15, -0.1) is 0 Å². The lowest BCUT2D eigenvalue weighted by Gasteiger charge is -2.29. The summed E-state index contributed by atoms with van der Waals surface area (Å²) >= 11 is 0. The zero-order chi connectivity index (χ0) is 31.3. The van der Waals surface area contributed by atoms with Crippen LogP contribution in [0.4, 0.5) is 0 Å². The Morgan fingerprint density at radius 1 is 0.977 bits per heavy atom. The second-order valence-corrected chi connectivity index (χ2v) is 13.3. The molecule has 2 unspecified atom stereocenters. The Balaban J connectivity index is 1.35. The van der Waals surface area contributed by atoms with Crippen molar-refractivity contribution in [1.29, 1.82) is 0 Å². The summed E-state index contributed by atoms with van der Waals surface area (Å²) in [6, 6.07) is 0. The first kappa shape index (κ1) is 31.4. The van der Waals surface area contributed by atoms with E-state index in [4.69, 9.17) is 32.1 Å². The van der Waals surface area contributed by atoms with E-state index >= 15 is 0 Å². The van der Waals surface area contributed by atoms with E-state index in [1.165, 1.54) is 26.2 Å². The number of phosphoric ester groups is 2. The molecule has 3 fully saturated rings. The minimum Gasteiger partial charge on any atom is -0.460 e. The Morgan fingerprint density at radius 3 is 2.14 bits per heavy atom. The fraction of sp³-hybridized carbons (Fsp3) is 0.591. The zero-order valence-electron chi connectivity index (χ0n) is 22.9. The molecule has 5 rings (SSSR count). The number of phosphoric acid groups is 2. The number of nitrogens with zero attached hydrogens (tertiary/aromatic N) is 2. The van der Waals surface area contributed by atoms with Crippen LogP contribution in [0.2, 0.25) is 0 Å². The van der Waals surface area contributed by atoms with Crippen molar-refractivity contribution < 1.29 is 50.9 Å². The van der Waals surface area contributed by atoms with Crippen molar-refractivity contribution in [2.75, 3.05) is 13.2 Å². The summed E-state index contributed by atoms with van der Waals surface area (Å²) in [4.78, 5) is 74.4. The van der Waals surface area contributed by atoms with Gasteiger partial charge in [-0.2, -0.15) is 4.31 Å². The van der Waals surface area contributed by atoms with E-state index in [1.807, 2.05) is 0 Å². The molecule has 0 spiro atoms. The molecule has 0 bridgehead atoms. The Morgan fingerprint density at radius 2 is 1.56 bits per heavy atom. The number of ether oxygens (including phenoxy) is 3. The minimum absolute atomic E-state index is 0.0693. The monoisotopic (exact) mass is 650 g/mol. The summed E-state index contributed by atoms with van der Waals surface area (Å²) in [5, 5.41) is 0. The maximum Gasteiger partial charge on any atom is 0.484 e. The molecular formula is C22H28N4O15P2. The third-order valence-electron chi connectivity index (χ3n) is 6.86. The van der Waals surface area contributed by atoms with Crippen LogP contribution in [0.15, 0.2) is 31.6 Å². The molecule has 3 aliphatic rings. The molecule has 8 atom stereocenters. The highest BCUT2D eigenvalue weighted by Crippen LogP contribution is 2.66. The molecule has 5 heterocycles. The van der Waals surface area contributed by atoms with Crippen LogP contribution in [0.3, 0.4) is 0 Å². The molecule has 236 valence electrons. The van der Waals surface area contributed by atoms with Gasteiger partial charge in [0.15, 0.2) is 0 Å². The first-order valence-corrected chi connectivity index (χ1v) is 15.8. The summed E-state index contributed by atoms with van der Waals surface area (Å²) in [6.45, 7) is 2.86. The van der Waals surface area contributed by atoms with Crippen LogP contribution in [-0.2, 0) is 46.0 Å². The first-order valence-electron chi connectivity index (χ1n) is 12.9. The third kappa shape index (κ3) is 6.90. The van der Waals surface area contributed by atoms with Gasteiger partial charge < -0.3 is 19.1 Å². The molecule has 43 heavy (non-hydrogen) atoms. The highest BCUT2D eigenvalue weighted by Gasteiger charge is 2.51. The molecule has 0 aliphatic carbocycles. The van der Waals surface area contributed by atoms with Gasteiger partial charge in [0.25, 0.3) is 11.1 Å². The van der Waals surface area contributed by atoms with Crippen molar-refractivity contribution in [3.05, 3.63) is 65.2 Å². The minimum atomic E-state index is -5.03. The van der Waals surface area contributed by atoms with Gasteiger partial charge in [-0.05, 0) is 13.8 Å². The molecule has 0 aromatic carbocycles. The molecular weight excluding hydrogens is 622 g/mol. The molecule has 3 N–H and O–H groups in total. The number of nitrogens with one attached hydrogen (secondary N) is 2. The van der Waals surface area contributed by atoms with E-state index in [9.17, 15) is 38.0 Å². The highest BCUT2D eigenvalue weighted by molar-refractivity contribution is 7.61. The van der Waals surface area contributed by atoms with E-state index in [1.54, 1.807) is 0 Å². The number of aryl methyl sites for hydroxylation is 2. The van der Waals surface area contributed by atoms with Gasteiger partial charge in [-0.1, -0.05) is 0 Å². The fourth-order valence-electron chi connectivity index (χ4n) is 4.81. The van der Waals surface area contributed by atoms with Crippen LogP contribution in [0.1, 0.15) is 43.3 Å². The number of rotatable bonds is 6. The number of aromatic amines is 2. The third-order valence-corrected chi connectivity index (χ3v) is 9.95. The summed E-state index contributed by atoms with van der Waals surface area (Å²) in [7, 11) is -9.99. The van der Waals surface area contributed by atoms with Gasteiger partial charge in [-0.25, -0.2) is 18.7 Å². The number of carbonyl (C=O) groups excluding carboxylic acids is 1. The van der Waals surface area contributed by atoms with Crippen LogP contribution >= 0.6 is 15.6 Å². The Kier molecular flexibility index (Phi) is 8.65. The Labute approximate surface area is 240 Å². The van der Waals surface area contributed by atoms with Gasteiger partial charge in [0.2, 0.25) is 0 Å². The number of hydrogen-bond acceptors (Lipinski definition) is 14. The number of hydrogen-bond donors (Lipinski definition) is 3. The molecule has 0 saturated carbocycles. The second-order valence-electron chi connectivity index (χ2n) is 10.1. The van der Waals surface area contributed by atoms with Gasteiger partial charge in [0, 0.05) is 43.3 Å². The van der Waals surface area contributed by atoms with Gasteiger partial charge >= 0.3 is 33.0 Å². The molecule has 21 heteroatoms. The maximum atomic E-state index is 13.6. The number of esters is 1. The molecule has 19 nitrogen and oxygen atoms in total. The SMILES string of the molecule is CC(=O)O[C@H]1C[C@H](n2cc(C)c(=O)[nH]c2=O)O[C@@H]1COP1(=O)O[C@H]2C[C@H](n3cc(C)c(=O)[nH]c3=O)O[C@@H]2COP(=O)(O)O1. The van der Waals surface area contributed by atoms with Crippen molar-refractivity contribution in [1.82, 2.24) is 19.1 Å². The molecule has 2 aromatic heterocycles. The summed E-state index contributed by atoms with van der Waals surface area (Å²) in [6.07, 6.45) is -4.23. The Bertz CT molecular complexity index is 1750. The lowest BCUT2D eigenvalue weighted by atomic mass is 10.2. The lowest BCUT2D eigenvalue weighted by Crippen LogP contribution is -2.34. The average Bonchev–Trinajstić information content (AvgIpc) is 3.48. The van der Waals surface area contributed by atoms with Gasteiger partial charge in [-0.3, -0.25) is 47.1 Å². The second kappa shape index (κ2) is 11.8. The topological polar surface area (TPSA) is 246 Å². The fourth-order valence-corrected chi connectivity index (χ4v) is 7.63. The quantitative estimate of drug-likeness (QED) is 0.272. The van der Waals surface area contributed by atoms with Crippen LogP contribution in [-0.4, -0.2) is 67.6 Å². The van der Waals surface area contributed by atoms with Crippen LogP contribution in [0.25, 0.3) is 0 Å². The van der Waals surface area contributed by atoms with E-state index < -0.39 is 94.2 Å². The predicted octanol–water partition coefficient (Wildman–Crippen LogP) is -0.133. The standard InChI is InChI=1S/C22H28N4O15P2/c1-10-6-25(21(30)23-19(10)28)17-4-13(37-12(3)27)15(38-17)9-36-43(34)40-14-5-18(26-7-11(2)20(29)24-22(26)31)39-16(14)8-35-42(32,33)41-43/h6-7,13-18H,4-5,8-9H2,1-3H3,(H,32,33)(H,23,28,30)(H,24,29,31)/t13-,14-,15+,16+,17+,18+,43?/m0/s1. The average molecular weight is 650 g/mol. The smallest absolute Gasteiger partial charge is 0.460 e. The van der Waals surface area contributed by atoms with Crippen LogP contribution in [0, 0.1) is 13.8 Å². The molecule has 0 amide bonds. The molecule has 3 saturated heterocycles. The highest BCUT2D eigenvalue weighted by atomic mass is 31.3. The molecule has 0 radical (unpaired) electrons. The van der Waals surface area contributed by atoms with Crippen molar-refractivity contribution in [2.45, 2.75) is 70.5 Å². The summed E-state index contributed by atoms with van der Waals surface area (Å²) < 4.78 is 65.8. The number of carbonyl (C=O) groups is 1. The summed E-state index contributed by atoms with van der Waals surface area (Å²) in [5.41, 5.74) is -2.36. The van der Waals surface area contributed by atoms with Crippen molar-refractivity contribution in [3.63, 3.8) is 0 Å². The van der Waals surface area contributed by atoms with Gasteiger partial charge in [0.1, 0.15) is 36.9 Å². The number of aromatic nitrogens is 4. The predicted molar refractivity (Wildman–Crippen MR) is 140 cm³/mol. The van der Waals surface area contributed by atoms with Crippen LogP contribution < -0.4 is 22.5 Å². The molecule has 2 aromatic rings. The van der Waals surface area contributed by atoms with Crippen molar-refractivity contribution >= 4 is 21.6 Å². The Hall–Kier alpha value is -2.99. The van der Waals surface area contributed by atoms with E-state index in [0.29, 0.717) is 0 Å². The maximum absolute atomic E-state index is 13.6. The normalized spacial score (nSPS) is 34.3. The van der Waals surface area contributed by atoms with Crippen molar-refractivity contribution in [3.8, 4) is 0 Å². The van der Waals surface area contributed by atoms with E-state index in [-0.39, 0.29) is 24.0 Å². The summed E-state index contributed by atoms with van der Waals surface area (Å²) in [5.74, 6) is -0.702. The number of H-pyrrole nitrogens is 2. The van der Waals surface area contributed by atoms with E-state index in [0.717, 1.165) is 16.1 Å². The first-order chi connectivity index (χ1) is 20.1. The van der Waals surface area contributed by atoms with Crippen LogP contribution in [0.5, 0.6) is 0 Å².